The van der Waals surface area contributed by atoms with E-state index in [9.17, 15) is 4.79 Å². The molecule has 2 unspecified atom stereocenters. The minimum Gasteiger partial charge on any atom is -0.368 e. The van der Waals surface area contributed by atoms with Crippen LogP contribution in [0.4, 0.5) is 11.4 Å². The zero-order valence-corrected chi connectivity index (χ0v) is 14.0. The van der Waals surface area contributed by atoms with E-state index in [-0.39, 0.29) is 11.9 Å². The Balaban J connectivity index is 2.44. The summed E-state index contributed by atoms with van der Waals surface area (Å²) in [4.78, 5) is 14.3. The highest BCUT2D eigenvalue weighted by Crippen LogP contribution is 2.39. The maximum absolute atomic E-state index is 11.9. The van der Waals surface area contributed by atoms with Crippen molar-refractivity contribution in [2.24, 2.45) is 0 Å². The number of nitrogens with zero attached hydrogens (tertiary/aromatic N) is 1. The number of carbonyl (C=O) groups excluding carboxylic acids is 1. The number of hydrogen-bond acceptors (Lipinski definition) is 3. The molecule has 1 aromatic carbocycles. The van der Waals surface area contributed by atoms with Crippen molar-refractivity contribution in [1.29, 1.82) is 0 Å². The van der Waals surface area contributed by atoms with E-state index in [1.165, 1.54) is 0 Å². The first-order chi connectivity index (χ1) is 9.53. The fourth-order valence-electron chi connectivity index (χ4n) is 2.72. The van der Waals surface area contributed by atoms with E-state index >= 15 is 0 Å². The molecule has 0 fully saturated rings. The van der Waals surface area contributed by atoms with Gasteiger partial charge in [0, 0.05) is 28.3 Å². The zero-order chi connectivity index (χ0) is 14.9. The molecule has 0 saturated carbocycles. The van der Waals surface area contributed by atoms with E-state index in [2.05, 4.69) is 64.4 Å². The molecule has 1 heterocycles. The number of benzene rings is 1. The van der Waals surface area contributed by atoms with Gasteiger partial charge in [0.25, 0.3) is 0 Å². The van der Waals surface area contributed by atoms with Crippen molar-refractivity contribution in [3.8, 4) is 0 Å². The third-order valence-corrected chi connectivity index (χ3v) is 4.65. The SMILES string of the molecule is CCC(C)N(CC)c1cc2c(cc1Br)C(NC)C(=O)N2. The molecule has 0 spiro atoms. The molecule has 20 heavy (non-hydrogen) atoms. The van der Waals surface area contributed by atoms with Crippen LogP contribution in [0.2, 0.25) is 0 Å². The second kappa shape index (κ2) is 6.14. The Labute approximate surface area is 129 Å². The number of carbonyl (C=O) groups is 1. The van der Waals surface area contributed by atoms with E-state index in [4.69, 9.17) is 0 Å². The van der Waals surface area contributed by atoms with Gasteiger partial charge in [-0.3, -0.25) is 4.79 Å². The van der Waals surface area contributed by atoms with Crippen LogP contribution in [-0.2, 0) is 4.79 Å². The van der Waals surface area contributed by atoms with E-state index in [0.717, 1.165) is 34.4 Å². The van der Waals surface area contributed by atoms with Crippen molar-refractivity contribution in [2.45, 2.75) is 39.3 Å². The number of nitrogens with one attached hydrogen (secondary N) is 2. The first kappa shape index (κ1) is 15.3. The number of fused-ring (bicyclic) bond motifs is 1. The molecule has 1 aliphatic heterocycles. The van der Waals surface area contributed by atoms with Gasteiger partial charge in [0.2, 0.25) is 5.91 Å². The smallest absolute Gasteiger partial charge is 0.246 e. The largest absolute Gasteiger partial charge is 0.368 e. The monoisotopic (exact) mass is 339 g/mol. The Morgan fingerprint density at radius 2 is 2.15 bits per heavy atom. The van der Waals surface area contributed by atoms with Gasteiger partial charge < -0.3 is 15.5 Å². The van der Waals surface area contributed by atoms with Crippen LogP contribution in [-0.4, -0.2) is 25.5 Å². The van der Waals surface area contributed by atoms with Gasteiger partial charge in [0.1, 0.15) is 6.04 Å². The predicted octanol–water partition coefficient (Wildman–Crippen LogP) is 3.29. The van der Waals surface area contributed by atoms with Gasteiger partial charge in [-0.25, -0.2) is 0 Å². The fourth-order valence-corrected chi connectivity index (χ4v) is 3.31. The van der Waals surface area contributed by atoms with Gasteiger partial charge in [-0.15, -0.1) is 0 Å². The molecule has 1 aliphatic rings. The van der Waals surface area contributed by atoms with Crippen LogP contribution in [0.1, 0.15) is 38.8 Å². The highest BCUT2D eigenvalue weighted by atomic mass is 79.9. The summed E-state index contributed by atoms with van der Waals surface area (Å²) in [5, 5.41) is 6.00. The van der Waals surface area contributed by atoms with Crippen molar-refractivity contribution in [3.05, 3.63) is 22.2 Å². The maximum Gasteiger partial charge on any atom is 0.246 e. The molecule has 2 atom stereocenters. The summed E-state index contributed by atoms with van der Waals surface area (Å²) < 4.78 is 1.04. The van der Waals surface area contributed by atoms with Crippen LogP contribution >= 0.6 is 15.9 Å². The molecule has 0 radical (unpaired) electrons. The molecule has 2 rings (SSSR count). The van der Waals surface area contributed by atoms with Gasteiger partial charge in [-0.05, 0) is 55.4 Å². The third kappa shape index (κ3) is 2.56. The number of hydrogen-bond donors (Lipinski definition) is 2. The predicted molar refractivity (Wildman–Crippen MR) is 87.3 cm³/mol. The molecule has 0 aliphatic carbocycles. The number of halogens is 1. The molecule has 0 saturated heterocycles. The van der Waals surface area contributed by atoms with E-state index < -0.39 is 0 Å². The summed E-state index contributed by atoms with van der Waals surface area (Å²) in [5.74, 6) is 0.0122. The Hall–Kier alpha value is -1.07. The minimum atomic E-state index is -0.256. The highest BCUT2D eigenvalue weighted by Gasteiger charge is 2.31. The topological polar surface area (TPSA) is 44.4 Å². The first-order valence-corrected chi connectivity index (χ1v) is 7.90. The summed E-state index contributed by atoms with van der Waals surface area (Å²) in [6.45, 7) is 7.50. The van der Waals surface area contributed by atoms with Crippen molar-refractivity contribution in [3.63, 3.8) is 0 Å². The second-order valence-corrected chi connectivity index (χ2v) is 6.00. The lowest BCUT2D eigenvalue weighted by atomic mass is 10.1. The van der Waals surface area contributed by atoms with E-state index in [0.29, 0.717) is 6.04 Å². The summed E-state index contributed by atoms with van der Waals surface area (Å²) in [6, 6.07) is 4.33. The molecule has 5 heteroatoms. The van der Waals surface area contributed by atoms with Crippen molar-refractivity contribution in [1.82, 2.24) is 5.32 Å². The zero-order valence-electron chi connectivity index (χ0n) is 12.5. The van der Waals surface area contributed by atoms with Gasteiger partial charge in [-0.1, -0.05) is 6.92 Å². The average molecular weight is 340 g/mol. The number of amides is 1. The normalized spacial score (nSPS) is 18.6. The lowest BCUT2D eigenvalue weighted by Crippen LogP contribution is -2.32. The lowest BCUT2D eigenvalue weighted by molar-refractivity contribution is -0.117. The van der Waals surface area contributed by atoms with Gasteiger partial charge in [0.15, 0.2) is 0 Å². The number of rotatable bonds is 5. The van der Waals surface area contributed by atoms with Gasteiger partial charge in [-0.2, -0.15) is 0 Å². The molecule has 1 aromatic rings. The van der Waals surface area contributed by atoms with Crippen LogP contribution in [0.3, 0.4) is 0 Å². The standard InChI is InChI=1S/C15H22BrN3O/c1-5-9(3)19(6-2)13-8-12-10(7-11(13)16)14(17-4)15(20)18-12/h7-9,14,17H,5-6H2,1-4H3,(H,18,20). The maximum atomic E-state index is 11.9. The molecule has 0 bridgehead atoms. The molecule has 110 valence electrons. The lowest BCUT2D eigenvalue weighted by Gasteiger charge is -2.31. The number of likely N-dealkylation sites (N-methyl/N-ethyl adjacent to an activating group) is 1. The molecular formula is C15H22BrN3O. The van der Waals surface area contributed by atoms with Crippen molar-refractivity contribution in [2.75, 3.05) is 23.8 Å². The van der Waals surface area contributed by atoms with Crippen molar-refractivity contribution >= 4 is 33.2 Å². The average Bonchev–Trinajstić information content (AvgIpc) is 2.74. The van der Waals surface area contributed by atoms with E-state index in [1.807, 2.05) is 0 Å². The van der Waals surface area contributed by atoms with Gasteiger partial charge >= 0.3 is 0 Å². The quantitative estimate of drug-likeness (QED) is 0.865. The summed E-state index contributed by atoms with van der Waals surface area (Å²) in [5.41, 5.74) is 3.06. The Kier molecular flexibility index (Phi) is 4.70. The van der Waals surface area contributed by atoms with Crippen molar-refractivity contribution < 1.29 is 4.79 Å². The first-order valence-electron chi connectivity index (χ1n) is 7.11. The summed E-state index contributed by atoms with van der Waals surface area (Å²) in [6.07, 6.45) is 1.09. The van der Waals surface area contributed by atoms with Crippen LogP contribution in [0.25, 0.3) is 0 Å². The minimum absolute atomic E-state index is 0.0122. The summed E-state index contributed by atoms with van der Waals surface area (Å²) >= 11 is 3.66. The molecule has 0 aromatic heterocycles. The number of anilines is 2. The molecule has 2 N–H and O–H groups in total. The molecular weight excluding hydrogens is 318 g/mol. The highest BCUT2D eigenvalue weighted by molar-refractivity contribution is 9.10. The van der Waals surface area contributed by atoms with Crippen LogP contribution < -0.4 is 15.5 Å². The summed E-state index contributed by atoms with van der Waals surface area (Å²) in [7, 11) is 1.80. The second-order valence-electron chi connectivity index (χ2n) is 5.15. The third-order valence-electron chi connectivity index (χ3n) is 4.01. The van der Waals surface area contributed by atoms with Crippen LogP contribution in [0.15, 0.2) is 16.6 Å². The molecule has 4 nitrogen and oxygen atoms in total. The van der Waals surface area contributed by atoms with Gasteiger partial charge in [0.05, 0.1) is 5.69 Å². The molecule has 1 amide bonds. The van der Waals surface area contributed by atoms with Crippen LogP contribution in [0, 0.1) is 0 Å². The Bertz CT molecular complexity index is 518. The fraction of sp³-hybridized carbons (Fsp3) is 0.533. The van der Waals surface area contributed by atoms with Crippen LogP contribution in [0.5, 0.6) is 0 Å². The Morgan fingerprint density at radius 1 is 1.45 bits per heavy atom. The Morgan fingerprint density at radius 3 is 2.70 bits per heavy atom. The van der Waals surface area contributed by atoms with E-state index in [1.54, 1.807) is 7.05 Å².